The second-order valence-electron chi connectivity index (χ2n) is 6.87. The fourth-order valence-electron chi connectivity index (χ4n) is 3.64. The Kier molecular flexibility index (Phi) is 8.23. The number of para-hydroxylation sites is 1. The largest absolute Gasteiger partial charge is 0.573 e. The molecule has 0 spiro atoms. The fourth-order valence-corrected chi connectivity index (χ4v) is 3.64. The van der Waals surface area contributed by atoms with Crippen molar-refractivity contribution >= 4 is 29.9 Å². The molecule has 1 aromatic carbocycles. The zero-order chi connectivity index (χ0) is 19.4. The molecule has 1 saturated heterocycles. The van der Waals surface area contributed by atoms with Gasteiger partial charge in [0.2, 0.25) is 0 Å². The van der Waals surface area contributed by atoms with E-state index >= 15 is 0 Å². The number of hydrogen-bond acceptors (Lipinski definition) is 3. The van der Waals surface area contributed by atoms with E-state index in [1.807, 2.05) is 6.92 Å². The molecule has 2 aliphatic rings. The number of alkyl halides is 3. The summed E-state index contributed by atoms with van der Waals surface area (Å²) in [5.41, 5.74) is 0.581. The van der Waals surface area contributed by atoms with Gasteiger partial charge in [0.1, 0.15) is 5.75 Å². The summed E-state index contributed by atoms with van der Waals surface area (Å²) in [5, 5.41) is 3.39. The minimum atomic E-state index is -4.69. The molecule has 5 nitrogen and oxygen atoms in total. The summed E-state index contributed by atoms with van der Waals surface area (Å²) in [7, 11) is 1.73. The van der Waals surface area contributed by atoms with Crippen LogP contribution >= 0.6 is 24.0 Å². The number of nitrogens with one attached hydrogen (secondary N) is 1. The van der Waals surface area contributed by atoms with Gasteiger partial charge in [0.15, 0.2) is 5.96 Å². The van der Waals surface area contributed by atoms with Gasteiger partial charge in [-0.05, 0) is 37.8 Å². The van der Waals surface area contributed by atoms with Gasteiger partial charge in [0.05, 0.1) is 6.10 Å². The lowest BCUT2D eigenvalue weighted by atomic mass is 10.1. The molecule has 28 heavy (non-hydrogen) atoms. The number of nitrogens with zero attached hydrogens (tertiary/aromatic N) is 2. The molecule has 0 amide bonds. The minimum absolute atomic E-state index is 0. The van der Waals surface area contributed by atoms with Crippen LogP contribution in [-0.4, -0.2) is 56.1 Å². The molecule has 2 atom stereocenters. The normalized spacial score (nSPS) is 23.2. The van der Waals surface area contributed by atoms with Crippen molar-refractivity contribution in [3.05, 3.63) is 29.8 Å². The number of rotatable bonds is 5. The SMILES string of the molecule is CCOC1CCN(C(=NC)NC2CC2c2ccccc2OC(F)(F)F)CC1.I. The minimum Gasteiger partial charge on any atom is -0.405 e. The third-order valence-electron chi connectivity index (χ3n) is 5.00. The van der Waals surface area contributed by atoms with Gasteiger partial charge in [0, 0.05) is 38.7 Å². The van der Waals surface area contributed by atoms with Crippen molar-refractivity contribution in [3.8, 4) is 5.75 Å². The first kappa shape index (κ1) is 23.1. The monoisotopic (exact) mass is 513 g/mol. The molecular formula is C19H27F3IN3O2. The Labute approximate surface area is 180 Å². The molecule has 0 bridgehead atoms. The van der Waals surface area contributed by atoms with Gasteiger partial charge in [-0.2, -0.15) is 0 Å². The Morgan fingerprint density at radius 3 is 2.54 bits per heavy atom. The summed E-state index contributed by atoms with van der Waals surface area (Å²) in [6.45, 7) is 4.44. The standard InChI is InChI=1S/C19H26F3N3O2.HI/c1-3-26-13-8-10-25(11-9-13)18(23-2)24-16-12-15(16)14-6-4-5-7-17(14)27-19(20,21)22;/h4-7,13,15-16H,3,8-12H2,1-2H3,(H,23,24);1H. The van der Waals surface area contributed by atoms with Crippen LogP contribution in [0.3, 0.4) is 0 Å². The Balaban J connectivity index is 0.00000280. The van der Waals surface area contributed by atoms with E-state index in [4.69, 9.17) is 4.74 Å². The van der Waals surface area contributed by atoms with Crippen molar-refractivity contribution in [1.29, 1.82) is 0 Å². The molecule has 2 unspecified atom stereocenters. The Hall–Kier alpha value is -1.23. The number of piperidine rings is 1. The van der Waals surface area contributed by atoms with Crippen molar-refractivity contribution in [3.63, 3.8) is 0 Å². The molecule has 1 N–H and O–H groups in total. The van der Waals surface area contributed by atoms with Gasteiger partial charge in [-0.15, -0.1) is 37.1 Å². The second-order valence-corrected chi connectivity index (χ2v) is 6.87. The van der Waals surface area contributed by atoms with Crippen LogP contribution < -0.4 is 10.1 Å². The van der Waals surface area contributed by atoms with Crippen LogP contribution in [0, 0.1) is 0 Å². The van der Waals surface area contributed by atoms with Crippen LogP contribution in [0.25, 0.3) is 0 Å². The van der Waals surface area contributed by atoms with E-state index in [1.165, 1.54) is 6.07 Å². The van der Waals surface area contributed by atoms with E-state index < -0.39 is 6.36 Å². The van der Waals surface area contributed by atoms with Crippen LogP contribution in [-0.2, 0) is 4.74 Å². The van der Waals surface area contributed by atoms with E-state index in [0.717, 1.165) is 44.9 Å². The molecule has 1 aliphatic carbocycles. The highest BCUT2D eigenvalue weighted by Crippen LogP contribution is 2.45. The summed E-state index contributed by atoms with van der Waals surface area (Å²) in [4.78, 5) is 6.54. The highest BCUT2D eigenvalue weighted by molar-refractivity contribution is 14.0. The quantitative estimate of drug-likeness (QED) is 0.366. The summed E-state index contributed by atoms with van der Waals surface area (Å²) < 4.78 is 47.7. The highest BCUT2D eigenvalue weighted by atomic mass is 127. The molecule has 1 aliphatic heterocycles. The molecule has 3 rings (SSSR count). The molecular weight excluding hydrogens is 486 g/mol. The van der Waals surface area contributed by atoms with E-state index in [-0.39, 0.29) is 41.7 Å². The average Bonchev–Trinajstić information content (AvgIpc) is 3.39. The van der Waals surface area contributed by atoms with Crippen molar-refractivity contribution in [2.45, 2.75) is 50.6 Å². The Morgan fingerprint density at radius 2 is 1.93 bits per heavy atom. The van der Waals surface area contributed by atoms with Gasteiger partial charge >= 0.3 is 6.36 Å². The molecule has 1 heterocycles. The van der Waals surface area contributed by atoms with Gasteiger partial charge in [-0.3, -0.25) is 4.99 Å². The maximum absolute atomic E-state index is 12.6. The molecule has 2 fully saturated rings. The highest BCUT2D eigenvalue weighted by Gasteiger charge is 2.43. The lowest BCUT2D eigenvalue weighted by Gasteiger charge is -2.34. The predicted molar refractivity (Wildman–Crippen MR) is 112 cm³/mol. The molecule has 9 heteroatoms. The Bertz CT molecular complexity index is 664. The van der Waals surface area contributed by atoms with Crippen molar-refractivity contribution in [2.75, 3.05) is 26.7 Å². The first-order valence-corrected chi connectivity index (χ1v) is 9.35. The van der Waals surface area contributed by atoms with Crippen LogP contribution in [0.2, 0.25) is 0 Å². The van der Waals surface area contributed by atoms with E-state index in [1.54, 1.807) is 25.2 Å². The van der Waals surface area contributed by atoms with Gasteiger partial charge in [-0.25, -0.2) is 0 Å². The van der Waals surface area contributed by atoms with E-state index in [0.29, 0.717) is 11.7 Å². The molecule has 0 aromatic heterocycles. The number of guanidine groups is 1. The zero-order valence-corrected chi connectivity index (χ0v) is 18.4. The predicted octanol–water partition coefficient (Wildman–Crippen LogP) is 4.14. The third-order valence-corrected chi connectivity index (χ3v) is 5.00. The lowest BCUT2D eigenvalue weighted by Crippen LogP contribution is -2.47. The smallest absolute Gasteiger partial charge is 0.405 e. The molecule has 1 saturated carbocycles. The molecule has 1 aromatic rings. The lowest BCUT2D eigenvalue weighted by molar-refractivity contribution is -0.274. The van der Waals surface area contributed by atoms with Crippen LogP contribution in [0.15, 0.2) is 29.3 Å². The van der Waals surface area contributed by atoms with Crippen LogP contribution in [0.1, 0.15) is 37.7 Å². The summed E-state index contributed by atoms with van der Waals surface area (Å²) in [6.07, 6.45) is -1.73. The zero-order valence-electron chi connectivity index (χ0n) is 16.0. The number of ether oxygens (including phenoxy) is 2. The van der Waals surface area contributed by atoms with Gasteiger partial charge in [0.25, 0.3) is 0 Å². The first-order chi connectivity index (χ1) is 12.9. The van der Waals surface area contributed by atoms with E-state index in [9.17, 15) is 13.2 Å². The van der Waals surface area contributed by atoms with E-state index in [2.05, 4.69) is 19.9 Å². The van der Waals surface area contributed by atoms with Crippen molar-refractivity contribution < 1.29 is 22.6 Å². The summed E-state index contributed by atoms with van der Waals surface area (Å²) >= 11 is 0. The summed E-state index contributed by atoms with van der Waals surface area (Å²) in [5.74, 6) is 0.666. The van der Waals surface area contributed by atoms with Crippen LogP contribution in [0.4, 0.5) is 13.2 Å². The van der Waals surface area contributed by atoms with Crippen LogP contribution in [0.5, 0.6) is 5.75 Å². The average molecular weight is 513 g/mol. The van der Waals surface area contributed by atoms with Crippen molar-refractivity contribution in [2.24, 2.45) is 4.99 Å². The second kappa shape index (κ2) is 10.00. The maximum Gasteiger partial charge on any atom is 0.573 e. The number of halogens is 4. The topological polar surface area (TPSA) is 46.1 Å². The first-order valence-electron chi connectivity index (χ1n) is 9.35. The van der Waals surface area contributed by atoms with Crippen molar-refractivity contribution in [1.82, 2.24) is 10.2 Å². The maximum atomic E-state index is 12.6. The number of likely N-dealkylation sites (tertiary alicyclic amines) is 1. The number of aliphatic imine (C=N–C) groups is 1. The van der Waals surface area contributed by atoms with Gasteiger partial charge in [-0.1, -0.05) is 18.2 Å². The molecule has 158 valence electrons. The van der Waals surface area contributed by atoms with Gasteiger partial charge < -0.3 is 19.7 Å². The fraction of sp³-hybridized carbons (Fsp3) is 0.632. The number of benzene rings is 1. The number of hydrogen-bond donors (Lipinski definition) is 1. The third kappa shape index (κ3) is 6.13. The molecule has 0 radical (unpaired) electrons. The Morgan fingerprint density at radius 1 is 1.25 bits per heavy atom. The summed E-state index contributed by atoms with van der Waals surface area (Å²) in [6, 6.07) is 6.42.